The van der Waals surface area contributed by atoms with E-state index in [2.05, 4.69) is 9.88 Å². The monoisotopic (exact) mass is 424 g/mol. The molecule has 1 saturated heterocycles. The molecule has 1 aliphatic rings. The van der Waals surface area contributed by atoms with Gasteiger partial charge in [-0.3, -0.25) is 4.79 Å². The number of carbonyl (C=O) groups excluding carboxylic acids is 1. The van der Waals surface area contributed by atoms with Gasteiger partial charge in [-0.05, 0) is 50.2 Å². The summed E-state index contributed by atoms with van der Waals surface area (Å²) in [5.74, 6) is 1.03. The van der Waals surface area contributed by atoms with Gasteiger partial charge in [0.25, 0.3) is 5.91 Å². The average molecular weight is 425 g/mol. The summed E-state index contributed by atoms with van der Waals surface area (Å²) in [5.41, 5.74) is 3.14. The minimum Gasteiger partial charge on any atom is -0.353 e. The van der Waals surface area contributed by atoms with E-state index < -0.39 is 0 Å². The summed E-state index contributed by atoms with van der Waals surface area (Å²) in [6.45, 7) is 6.45. The minimum absolute atomic E-state index is 0.00218. The van der Waals surface area contributed by atoms with Gasteiger partial charge in [0.05, 0.1) is 0 Å². The van der Waals surface area contributed by atoms with Crippen LogP contribution >= 0.6 is 11.6 Å². The highest BCUT2D eigenvalue weighted by Crippen LogP contribution is 2.26. The normalized spacial score (nSPS) is 14.1. The molecule has 0 bridgehead atoms. The maximum atomic E-state index is 13.7. The van der Waals surface area contributed by atoms with Crippen LogP contribution in [0.25, 0.3) is 11.4 Å². The summed E-state index contributed by atoms with van der Waals surface area (Å²) < 4.78 is 13.7. The first-order valence-corrected chi connectivity index (χ1v) is 10.2. The molecule has 4 rings (SSSR count). The topological polar surface area (TPSA) is 49.3 Å². The molecule has 2 heterocycles. The Bertz CT molecular complexity index is 1080. The van der Waals surface area contributed by atoms with Crippen molar-refractivity contribution in [2.24, 2.45) is 0 Å². The molecule has 0 spiro atoms. The molecule has 2 aromatic carbocycles. The second kappa shape index (κ2) is 8.40. The molecule has 0 saturated carbocycles. The fourth-order valence-electron chi connectivity index (χ4n) is 3.57. The third-order valence-corrected chi connectivity index (χ3v) is 5.66. The van der Waals surface area contributed by atoms with E-state index in [0.717, 1.165) is 17.1 Å². The molecule has 0 atom stereocenters. The molecule has 0 unspecified atom stereocenters. The number of nitrogens with zero attached hydrogens (tertiary/aromatic N) is 4. The van der Waals surface area contributed by atoms with Crippen LogP contribution in [0.1, 0.15) is 21.6 Å². The molecular weight excluding hydrogens is 403 g/mol. The lowest BCUT2D eigenvalue weighted by Gasteiger charge is -2.36. The van der Waals surface area contributed by atoms with Gasteiger partial charge in [0.15, 0.2) is 5.82 Å². The van der Waals surface area contributed by atoms with Gasteiger partial charge in [0.1, 0.15) is 11.6 Å². The van der Waals surface area contributed by atoms with Crippen LogP contribution in [0.4, 0.5) is 10.2 Å². The van der Waals surface area contributed by atoms with E-state index in [0.29, 0.717) is 48.2 Å². The highest BCUT2D eigenvalue weighted by molar-refractivity contribution is 6.30. The predicted molar refractivity (Wildman–Crippen MR) is 116 cm³/mol. The molecule has 1 fully saturated rings. The van der Waals surface area contributed by atoms with Crippen molar-refractivity contribution in [2.75, 3.05) is 31.1 Å². The van der Waals surface area contributed by atoms with Crippen molar-refractivity contribution in [2.45, 2.75) is 13.8 Å². The van der Waals surface area contributed by atoms with Crippen LogP contribution in [0, 0.1) is 19.7 Å². The van der Waals surface area contributed by atoms with E-state index in [4.69, 9.17) is 16.6 Å². The smallest absolute Gasteiger partial charge is 0.253 e. The lowest BCUT2D eigenvalue weighted by molar-refractivity contribution is 0.0746. The minimum atomic E-state index is -0.315. The number of amides is 1. The third-order valence-electron chi connectivity index (χ3n) is 5.40. The molecule has 30 heavy (non-hydrogen) atoms. The van der Waals surface area contributed by atoms with Crippen molar-refractivity contribution in [3.05, 3.63) is 76.2 Å². The Hall–Kier alpha value is -2.99. The number of aryl methyl sites for hydroxylation is 1. The van der Waals surface area contributed by atoms with Crippen molar-refractivity contribution in [3.8, 4) is 11.4 Å². The fourth-order valence-corrected chi connectivity index (χ4v) is 3.70. The maximum Gasteiger partial charge on any atom is 0.253 e. The summed E-state index contributed by atoms with van der Waals surface area (Å²) in [6, 6.07) is 13.3. The summed E-state index contributed by atoms with van der Waals surface area (Å²) in [4.78, 5) is 26.0. The van der Waals surface area contributed by atoms with E-state index >= 15 is 0 Å². The fraction of sp³-hybridized carbons (Fsp3) is 0.261. The van der Waals surface area contributed by atoms with Gasteiger partial charge in [-0.1, -0.05) is 23.7 Å². The summed E-state index contributed by atoms with van der Waals surface area (Å²) in [7, 11) is 0. The lowest BCUT2D eigenvalue weighted by Crippen LogP contribution is -2.49. The Morgan fingerprint density at radius 1 is 1.00 bits per heavy atom. The zero-order valence-electron chi connectivity index (χ0n) is 16.9. The Kier molecular flexibility index (Phi) is 5.68. The highest BCUT2D eigenvalue weighted by atomic mass is 35.5. The van der Waals surface area contributed by atoms with Crippen LogP contribution in [-0.4, -0.2) is 47.0 Å². The van der Waals surface area contributed by atoms with Gasteiger partial charge in [-0.15, -0.1) is 0 Å². The Morgan fingerprint density at radius 3 is 2.37 bits per heavy atom. The van der Waals surface area contributed by atoms with Crippen LogP contribution in [0.5, 0.6) is 0 Å². The largest absolute Gasteiger partial charge is 0.353 e. The SMILES string of the molecule is Cc1nc(-c2cccc(F)c2)nc(N2CCN(C(=O)c3ccc(Cl)cc3)CC2)c1C. The van der Waals surface area contributed by atoms with Crippen molar-refractivity contribution in [1.29, 1.82) is 0 Å². The zero-order chi connectivity index (χ0) is 21.3. The highest BCUT2D eigenvalue weighted by Gasteiger charge is 2.25. The second-order valence-corrected chi connectivity index (χ2v) is 7.81. The molecule has 1 amide bonds. The Balaban J connectivity index is 1.53. The zero-order valence-corrected chi connectivity index (χ0v) is 17.7. The molecule has 1 aromatic heterocycles. The number of hydrogen-bond donors (Lipinski definition) is 0. The van der Waals surface area contributed by atoms with Gasteiger partial charge in [0.2, 0.25) is 0 Å². The summed E-state index contributed by atoms with van der Waals surface area (Å²) in [6.07, 6.45) is 0. The summed E-state index contributed by atoms with van der Waals surface area (Å²) >= 11 is 5.92. The Morgan fingerprint density at radius 2 is 1.70 bits per heavy atom. The van der Waals surface area contributed by atoms with Crippen LogP contribution in [0.3, 0.4) is 0 Å². The van der Waals surface area contributed by atoms with Crippen LogP contribution < -0.4 is 4.90 Å². The molecule has 3 aromatic rings. The van der Waals surface area contributed by atoms with Crippen LogP contribution in [0.2, 0.25) is 5.02 Å². The third kappa shape index (κ3) is 4.14. The predicted octanol–water partition coefficient (Wildman–Crippen LogP) is 4.52. The number of anilines is 1. The second-order valence-electron chi connectivity index (χ2n) is 7.38. The molecule has 1 aliphatic heterocycles. The van der Waals surface area contributed by atoms with Crippen molar-refractivity contribution in [3.63, 3.8) is 0 Å². The molecule has 7 heteroatoms. The maximum absolute atomic E-state index is 13.7. The lowest BCUT2D eigenvalue weighted by atomic mass is 10.1. The van der Waals surface area contributed by atoms with Crippen molar-refractivity contribution >= 4 is 23.3 Å². The molecular formula is C23H22ClFN4O. The van der Waals surface area contributed by atoms with Gasteiger partial charge in [0, 0.05) is 53.6 Å². The molecule has 0 aliphatic carbocycles. The number of rotatable bonds is 3. The first-order valence-electron chi connectivity index (χ1n) is 9.83. The number of benzene rings is 2. The number of hydrogen-bond acceptors (Lipinski definition) is 4. The van der Waals surface area contributed by atoms with Crippen molar-refractivity contribution in [1.82, 2.24) is 14.9 Å². The van der Waals surface area contributed by atoms with Crippen LogP contribution in [0.15, 0.2) is 48.5 Å². The number of carbonyl (C=O) groups is 1. The first kappa shape index (κ1) is 20.3. The van der Waals surface area contributed by atoms with E-state index in [1.165, 1.54) is 12.1 Å². The quantitative estimate of drug-likeness (QED) is 0.620. The van der Waals surface area contributed by atoms with Crippen LogP contribution in [-0.2, 0) is 0 Å². The molecule has 5 nitrogen and oxygen atoms in total. The summed E-state index contributed by atoms with van der Waals surface area (Å²) in [5, 5.41) is 0.611. The van der Waals surface area contributed by atoms with Gasteiger partial charge < -0.3 is 9.80 Å². The molecule has 0 radical (unpaired) electrons. The first-order chi connectivity index (χ1) is 14.4. The van der Waals surface area contributed by atoms with Gasteiger partial charge in [-0.2, -0.15) is 0 Å². The molecule has 0 N–H and O–H groups in total. The average Bonchev–Trinajstić information content (AvgIpc) is 2.76. The Labute approximate surface area is 180 Å². The number of halogens is 2. The van der Waals surface area contributed by atoms with Gasteiger partial charge >= 0.3 is 0 Å². The van der Waals surface area contributed by atoms with E-state index in [9.17, 15) is 9.18 Å². The van der Waals surface area contributed by atoms with Crippen molar-refractivity contribution < 1.29 is 9.18 Å². The van der Waals surface area contributed by atoms with E-state index in [1.807, 2.05) is 18.7 Å². The van der Waals surface area contributed by atoms with E-state index in [1.54, 1.807) is 36.4 Å². The van der Waals surface area contributed by atoms with E-state index in [-0.39, 0.29) is 11.7 Å². The standard InChI is InChI=1S/C23H22ClFN4O/c1-15-16(2)26-21(18-4-3-5-20(25)14-18)27-22(15)28-10-12-29(13-11-28)23(30)17-6-8-19(24)9-7-17/h3-9,14H,10-13H2,1-2H3. The number of piperazine rings is 1. The molecule has 154 valence electrons. The van der Waals surface area contributed by atoms with Gasteiger partial charge in [-0.25, -0.2) is 14.4 Å². The number of aromatic nitrogens is 2.